The number of benzene rings is 1. The van der Waals surface area contributed by atoms with Crippen LogP contribution in [-0.4, -0.2) is 32.4 Å². The highest BCUT2D eigenvalue weighted by molar-refractivity contribution is 5.84. The van der Waals surface area contributed by atoms with Gasteiger partial charge in [0.05, 0.1) is 18.8 Å². The van der Waals surface area contributed by atoms with Gasteiger partial charge in [-0.05, 0) is 5.56 Å². The predicted molar refractivity (Wildman–Crippen MR) is 76.1 cm³/mol. The van der Waals surface area contributed by atoms with Gasteiger partial charge in [-0.1, -0.05) is 30.3 Å². The van der Waals surface area contributed by atoms with Crippen LogP contribution in [0.1, 0.15) is 16.8 Å². The molecule has 2 amide bonds. The van der Waals surface area contributed by atoms with Gasteiger partial charge in [0.25, 0.3) is 0 Å². The lowest BCUT2D eigenvalue weighted by Crippen LogP contribution is -2.23. The van der Waals surface area contributed by atoms with E-state index >= 15 is 0 Å². The Labute approximate surface area is 125 Å². The Morgan fingerprint density at radius 1 is 1.32 bits per heavy atom. The molecular formula is C14H14N4O4. The maximum atomic E-state index is 11.8. The Kier molecular flexibility index (Phi) is 3.65. The molecule has 0 bridgehead atoms. The molecule has 3 rings (SSSR count). The van der Waals surface area contributed by atoms with E-state index in [9.17, 15) is 9.59 Å². The number of rotatable bonds is 3. The number of anilines is 1. The maximum absolute atomic E-state index is 11.8. The van der Waals surface area contributed by atoms with Gasteiger partial charge in [-0.25, -0.2) is 9.59 Å². The minimum absolute atomic E-state index is 0.153. The first-order chi connectivity index (χ1) is 10.6. The third kappa shape index (κ3) is 2.85. The number of carbonyl (C=O) groups excluding carboxylic acids is 1. The van der Waals surface area contributed by atoms with E-state index in [1.165, 1.54) is 4.90 Å². The molecule has 0 saturated carbocycles. The third-order valence-electron chi connectivity index (χ3n) is 3.35. The van der Waals surface area contributed by atoms with Gasteiger partial charge in [0.1, 0.15) is 6.61 Å². The van der Waals surface area contributed by atoms with Crippen molar-refractivity contribution < 1.29 is 19.4 Å². The zero-order chi connectivity index (χ0) is 15.5. The molecule has 0 aliphatic carbocycles. The van der Waals surface area contributed by atoms with Crippen molar-refractivity contribution in [3.8, 4) is 0 Å². The maximum Gasteiger partial charge on any atom is 0.413 e. The topological polar surface area (TPSA) is 108 Å². The molecule has 0 radical (unpaired) electrons. The highest BCUT2D eigenvalue weighted by Crippen LogP contribution is 2.27. The van der Waals surface area contributed by atoms with Gasteiger partial charge < -0.3 is 9.84 Å². The predicted octanol–water partition coefficient (Wildman–Crippen LogP) is 2.15. The Morgan fingerprint density at radius 2 is 2.09 bits per heavy atom. The first-order valence-corrected chi connectivity index (χ1v) is 6.65. The van der Waals surface area contributed by atoms with Crippen molar-refractivity contribution in [2.75, 3.05) is 5.32 Å². The van der Waals surface area contributed by atoms with Gasteiger partial charge in [-0.2, -0.15) is 5.10 Å². The summed E-state index contributed by atoms with van der Waals surface area (Å²) in [6.07, 6.45) is -1.64. The smallest absolute Gasteiger partial charge is 0.413 e. The molecule has 0 atom stereocenters. The van der Waals surface area contributed by atoms with E-state index in [4.69, 9.17) is 9.84 Å². The highest BCUT2D eigenvalue weighted by atomic mass is 16.5. The van der Waals surface area contributed by atoms with Crippen molar-refractivity contribution in [2.24, 2.45) is 0 Å². The lowest BCUT2D eigenvalue weighted by molar-refractivity contribution is 0.144. The van der Waals surface area contributed by atoms with E-state index in [2.05, 4.69) is 15.5 Å². The van der Waals surface area contributed by atoms with Crippen LogP contribution in [0, 0.1) is 0 Å². The van der Waals surface area contributed by atoms with E-state index in [0.717, 1.165) is 5.56 Å². The fraction of sp³-hybridized carbons (Fsp3) is 0.214. The highest BCUT2D eigenvalue weighted by Gasteiger charge is 2.28. The van der Waals surface area contributed by atoms with Crippen LogP contribution in [0.4, 0.5) is 15.4 Å². The van der Waals surface area contributed by atoms with E-state index in [1.54, 1.807) is 0 Å². The molecule has 0 spiro atoms. The van der Waals surface area contributed by atoms with Crippen LogP contribution in [0.3, 0.4) is 0 Å². The van der Waals surface area contributed by atoms with Crippen LogP contribution in [-0.2, 0) is 24.4 Å². The summed E-state index contributed by atoms with van der Waals surface area (Å²) in [5.41, 5.74) is 2.22. The van der Waals surface area contributed by atoms with Crippen molar-refractivity contribution in [1.29, 1.82) is 0 Å². The lowest BCUT2D eigenvalue weighted by Gasteiger charge is -2.10. The van der Waals surface area contributed by atoms with Crippen LogP contribution >= 0.6 is 0 Å². The normalized spacial score (nSPS) is 12.8. The Balaban J connectivity index is 1.58. The summed E-state index contributed by atoms with van der Waals surface area (Å²) in [4.78, 5) is 23.9. The Bertz CT molecular complexity index is 698. The number of nitrogens with zero attached hydrogens (tertiary/aromatic N) is 2. The monoisotopic (exact) mass is 302 g/mol. The molecule has 114 valence electrons. The summed E-state index contributed by atoms with van der Waals surface area (Å²) in [6, 6.07) is 9.30. The molecule has 0 saturated heterocycles. The fourth-order valence-electron chi connectivity index (χ4n) is 2.23. The molecular weight excluding hydrogens is 288 g/mol. The Morgan fingerprint density at radius 3 is 2.82 bits per heavy atom. The number of amides is 2. The van der Waals surface area contributed by atoms with Crippen molar-refractivity contribution in [3.63, 3.8) is 0 Å². The number of hydrogen-bond donors (Lipinski definition) is 3. The van der Waals surface area contributed by atoms with Crippen molar-refractivity contribution >= 4 is 18.0 Å². The second-order valence-corrected chi connectivity index (χ2v) is 4.85. The molecule has 22 heavy (non-hydrogen) atoms. The summed E-state index contributed by atoms with van der Waals surface area (Å²) in [5.74, 6) is 0.303. The quantitative estimate of drug-likeness (QED) is 0.805. The average Bonchev–Trinajstić information content (AvgIpc) is 3.08. The number of aromatic amines is 1. The van der Waals surface area contributed by atoms with Crippen LogP contribution in [0.25, 0.3) is 0 Å². The number of hydrogen-bond acceptors (Lipinski definition) is 4. The van der Waals surface area contributed by atoms with Crippen molar-refractivity contribution in [3.05, 3.63) is 47.2 Å². The summed E-state index contributed by atoms with van der Waals surface area (Å²) < 4.78 is 5.10. The molecule has 1 aromatic carbocycles. The average molecular weight is 302 g/mol. The van der Waals surface area contributed by atoms with Crippen LogP contribution in [0.15, 0.2) is 30.3 Å². The molecule has 0 unspecified atom stereocenters. The number of carbonyl (C=O) groups is 2. The van der Waals surface area contributed by atoms with Crippen molar-refractivity contribution in [2.45, 2.75) is 19.7 Å². The summed E-state index contributed by atoms with van der Waals surface area (Å²) in [6.45, 7) is 0.578. The number of aromatic nitrogens is 2. The van der Waals surface area contributed by atoms with Gasteiger partial charge >= 0.3 is 12.2 Å². The summed E-state index contributed by atoms with van der Waals surface area (Å²) >= 11 is 0. The zero-order valence-electron chi connectivity index (χ0n) is 11.6. The lowest BCUT2D eigenvalue weighted by atomic mass is 10.2. The minimum atomic E-state index is -1.01. The molecule has 8 nitrogen and oxygen atoms in total. The molecule has 3 N–H and O–H groups in total. The second kappa shape index (κ2) is 5.76. The number of H-pyrrole nitrogens is 1. The third-order valence-corrected chi connectivity index (χ3v) is 3.35. The molecule has 1 aromatic heterocycles. The van der Waals surface area contributed by atoms with Crippen LogP contribution in [0.5, 0.6) is 0 Å². The molecule has 8 heteroatoms. The van der Waals surface area contributed by atoms with Gasteiger partial charge in [-0.3, -0.25) is 15.3 Å². The molecule has 1 aliphatic heterocycles. The standard InChI is InChI=1S/C14H14N4O4/c19-13(22-8-9-4-2-1-3-5-9)15-12-10-6-18(14(20)21)7-11(10)16-17-12/h1-5H,6-8H2,(H,20,21)(H2,15,16,17,19). The SMILES string of the molecule is O=C(Nc1n[nH]c2c1CN(C(=O)O)C2)OCc1ccccc1. The number of nitrogens with one attached hydrogen (secondary N) is 2. The second-order valence-electron chi connectivity index (χ2n) is 4.85. The largest absolute Gasteiger partial charge is 0.465 e. The van der Waals surface area contributed by atoms with Gasteiger partial charge in [0.15, 0.2) is 5.82 Å². The van der Waals surface area contributed by atoms with Gasteiger partial charge in [0.2, 0.25) is 0 Å². The molecule has 2 aromatic rings. The van der Waals surface area contributed by atoms with Gasteiger partial charge in [-0.15, -0.1) is 0 Å². The van der Waals surface area contributed by atoms with E-state index in [0.29, 0.717) is 17.1 Å². The number of carboxylic acid groups (broad SMARTS) is 1. The minimum Gasteiger partial charge on any atom is -0.465 e. The number of ether oxygens (including phenoxy) is 1. The Hall–Kier alpha value is -3.03. The fourth-order valence-corrected chi connectivity index (χ4v) is 2.23. The van der Waals surface area contributed by atoms with Gasteiger partial charge in [0, 0.05) is 5.56 Å². The number of fused-ring (bicyclic) bond motifs is 1. The van der Waals surface area contributed by atoms with E-state index < -0.39 is 12.2 Å². The zero-order valence-corrected chi connectivity index (χ0v) is 11.6. The first-order valence-electron chi connectivity index (χ1n) is 6.65. The van der Waals surface area contributed by atoms with Crippen molar-refractivity contribution in [1.82, 2.24) is 15.1 Å². The summed E-state index contributed by atoms with van der Waals surface area (Å²) in [5, 5.41) is 18.2. The molecule has 2 heterocycles. The first kappa shape index (κ1) is 13.9. The van der Waals surface area contributed by atoms with E-state index in [-0.39, 0.29) is 19.7 Å². The van der Waals surface area contributed by atoms with Crippen LogP contribution in [0.2, 0.25) is 0 Å². The van der Waals surface area contributed by atoms with Crippen LogP contribution < -0.4 is 5.32 Å². The summed E-state index contributed by atoms with van der Waals surface area (Å²) in [7, 11) is 0. The molecule has 0 fully saturated rings. The molecule has 1 aliphatic rings. The van der Waals surface area contributed by atoms with E-state index in [1.807, 2.05) is 30.3 Å².